The van der Waals surface area contributed by atoms with Gasteiger partial charge >= 0.3 is 0 Å². The van der Waals surface area contributed by atoms with Crippen LogP contribution in [-0.4, -0.2) is 38.7 Å². The minimum atomic E-state index is 0.479. The van der Waals surface area contributed by atoms with Crippen molar-refractivity contribution in [3.05, 3.63) is 28.2 Å². The van der Waals surface area contributed by atoms with E-state index in [-0.39, 0.29) is 0 Å². The Kier molecular flexibility index (Phi) is 5.87. The highest BCUT2D eigenvalue weighted by molar-refractivity contribution is 9.10. The molecule has 3 nitrogen and oxygen atoms in total. The van der Waals surface area contributed by atoms with Crippen molar-refractivity contribution in [1.82, 2.24) is 10.2 Å². The van der Waals surface area contributed by atoms with Crippen LogP contribution in [0.5, 0.6) is 5.75 Å². The minimum absolute atomic E-state index is 0.479. The third-order valence-electron chi connectivity index (χ3n) is 4.13. The van der Waals surface area contributed by atoms with Crippen LogP contribution < -0.4 is 10.1 Å². The van der Waals surface area contributed by atoms with E-state index in [4.69, 9.17) is 4.74 Å². The molecule has 112 valence electrons. The Morgan fingerprint density at radius 2 is 2.25 bits per heavy atom. The first kappa shape index (κ1) is 15.8. The number of hydrogen-bond acceptors (Lipinski definition) is 3. The fourth-order valence-corrected chi connectivity index (χ4v) is 3.75. The smallest absolute Gasteiger partial charge is 0.119 e. The van der Waals surface area contributed by atoms with Crippen LogP contribution in [0.15, 0.2) is 22.7 Å². The summed E-state index contributed by atoms with van der Waals surface area (Å²) in [6.07, 6.45) is 2.46. The van der Waals surface area contributed by atoms with E-state index in [1.165, 1.54) is 29.4 Å². The van der Waals surface area contributed by atoms with E-state index in [0.29, 0.717) is 12.0 Å². The fourth-order valence-electron chi connectivity index (χ4n) is 3.27. The first-order valence-electron chi connectivity index (χ1n) is 7.43. The van der Waals surface area contributed by atoms with Gasteiger partial charge in [0, 0.05) is 10.5 Å². The molecule has 1 fully saturated rings. The molecule has 1 aromatic carbocycles. The molecule has 2 atom stereocenters. The predicted octanol–water partition coefficient (Wildman–Crippen LogP) is 3.45. The molecule has 1 aliphatic heterocycles. The average Bonchev–Trinajstić information content (AvgIpc) is 2.83. The van der Waals surface area contributed by atoms with Crippen molar-refractivity contribution in [2.75, 3.05) is 33.8 Å². The van der Waals surface area contributed by atoms with Crippen molar-refractivity contribution in [2.24, 2.45) is 5.92 Å². The fraction of sp³-hybridized carbons (Fsp3) is 0.625. The molecular weight excluding hydrogens is 316 g/mol. The van der Waals surface area contributed by atoms with Crippen LogP contribution in [0.1, 0.15) is 31.4 Å². The molecule has 0 radical (unpaired) electrons. The zero-order valence-electron chi connectivity index (χ0n) is 12.7. The molecular formula is C16H25BrN2O. The molecule has 1 heterocycles. The second-order valence-corrected chi connectivity index (χ2v) is 6.33. The lowest BCUT2D eigenvalue weighted by Gasteiger charge is -2.29. The summed E-state index contributed by atoms with van der Waals surface area (Å²) in [6, 6.07) is 6.78. The summed E-state index contributed by atoms with van der Waals surface area (Å²) in [5.41, 5.74) is 1.36. The van der Waals surface area contributed by atoms with Gasteiger partial charge in [-0.3, -0.25) is 4.90 Å². The summed E-state index contributed by atoms with van der Waals surface area (Å²) in [5.74, 6) is 1.60. The topological polar surface area (TPSA) is 24.5 Å². The first-order valence-corrected chi connectivity index (χ1v) is 8.22. The van der Waals surface area contributed by atoms with Crippen LogP contribution in [0.25, 0.3) is 0 Å². The number of likely N-dealkylation sites (tertiary alicyclic amines) is 1. The van der Waals surface area contributed by atoms with Crippen molar-refractivity contribution in [3.63, 3.8) is 0 Å². The Morgan fingerprint density at radius 1 is 1.45 bits per heavy atom. The molecule has 0 saturated carbocycles. The predicted molar refractivity (Wildman–Crippen MR) is 87.3 cm³/mol. The Bertz CT molecular complexity index is 424. The van der Waals surface area contributed by atoms with Crippen LogP contribution in [0.2, 0.25) is 0 Å². The average molecular weight is 341 g/mol. The highest BCUT2D eigenvalue weighted by Gasteiger charge is 2.35. The van der Waals surface area contributed by atoms with Crippen LogP contribution in [0, 0.1) is 5.92 Å². The van der Waals surface area contributed by atoms with Gasteiger partial charge in [-0.25, -0.2) is 0 Å². The van der Waals surface area contributed by atoms with Gasteiger partial charge in [0.2, 0.25) is 0 Å². The quantitative estimate of drug-likeness (QED) is 0.858. The third kappa shape index (κ3) is 3.35. The molecule has 1 N–H and O–H groups in total. The molecule has 0 aromatic heterocycles. The van der Waals surface area contributed by atoms with Crippen LogP contribution in [0.4, 0.5) is 0 Å². The molecule has 4 heteroatoms. The second-order valence-electron chi connectivity index (χ2n) is 5.47. The van der Waals surface area contributed by atoms with E-state index >= 15 is 0 Å². The number of rotatable bonds is 6. The summed E-state index contributed by atoms with van der Waals surface area (Å²) in [6.45, 7) is 5.67. The van der Waals surface area contributed by atoms with Crippen molar-refractivity contribution >= 4 is 15.9 Å². The van der Waals surface area contributed by atoms with Gasteiger partial charge in [-0.05, 0) is 69.2 Å². The third-order valence-corrected chi connectivity index (χ3v) is 4.85. The highest BCUT2D eigenvalue weighted by atomic mass is 79.9. The lowest BCUT2D eigenvalue weighted by molar-refractivity contribution is 0.226. The monoisotopic (exact) mass is 340 g/mol. The SMILES string of the molecule is CCCN1CCC(CNC)C1c1cc(OC)ccc1Br. The Hall–Kier alpha value is -0.580. The van der Waals surface area contributed by atoms with E-state index in [1.54, 1.807) is 7.11 Å². The van der Waals surface area contributed by atoms with E-state index in [1.807, 2.05) is 13.1 Å². The number of nitrogens with zero attached hydrogens (tertiary/aromatic N) is 1. The second kappa shape index (κ2) is 7.43. The van der Waals surface area contributed by atoms with E-state index in [2.05, 4.69) is 45.2 Å². The number of benzene rings is 1. The molecule has 1 aliphatic rings. The largest absolute Gasteiger partial charge is 0.497 e. The molecule has 2 unspecified atom stereocenters. The molecule has 0 aliphatic carbocycles. The number of halogens is 1. The molecule has 1 aromatic rings. The number of nitrogens with one attached hydrogen (secondary N) is 1. The highest BCUT2D eigenvalue weighted by Crippen LogP contribution is 2.41. The number of methoxy groups -OCH3 is 1. The molecule has 0 bridgehead atoms. The molecule has 0 spiro atoms. The standard InChI is InChI=1S/C16H25BrN2O/c1-4-8-19-9-7-12(11-18-2)16(19)14-10-13(20-3)5-6-15(14)17/h5-6,10,12,16,18H,4,7-9,11H2,1-3H3. The van der Waals surface area contributed by atoms with Crippen LogP contribution >= 0.6 is 15.9 Å². The van der Waals surface area contributed by atoms with Gasteiger partial charge in [-0.1, -0.05) is 22.9 Å². The molecule has 1 saturated heterocycles. The Labute approximate surface area is 130 Å². The summed E-state index contributed by atoms with van der Waals surface area (Å²) in [5, 5.41) is 3.35. The van der Waals surface area contributed by atoms with E-state index in [0.717, 1.165) is 18.8 Å². The summed E-state index contributed by atoms with van der Waals surface area (Å²) in [4.78, 5) is 2.61. The minimum Gasteiger partial charge on any atom is -0.497 e. The van der Waals surface area contributed by atoms with Gasteiger partial charge in [-0.2, -0.15) is 0 Å². The summed E-state index contributed by atoms with van der Waals surface area (Å²) < 4.78 is 6.59. The zero-order chi connectivity index (χ0) is 14.5. The normalized spacial score (nSPS) is 23.2. The maximum Gasteiger partial charge on any atom is 0.119 e. The van der Waals surface area contributed by atoms with Gasteiger partial charge in [0.25, 0.3) is 0 Å². The lowest BCUT2D eigenvalue weighted by atomic mass is 9.93. The van der Waals surface area contributed by atoms with Gasteiger partial charge < -0.3 is 10.1 Å². The molecule has 0 amide bonds. The zero-order valence-corrected chi connectivity index (χ0v) is 14.2. The lowest BCUT2D eigenvalue weighted by Crippen LogP contribution is -2.30. The maximum atomic E-state index is 5.40. The van der Waals surface area contributed by atoms with Crippen molar-refractivity contribution < 1.29 is 4.74 Å². The van der Waals surface area contributed by atoms with Crippen molar-refractivity contribution in [1.29, 1.82) is 0 Å². The summed E-state index contributed by atoms with van der Waals surface area (Å²) in [7, 11) is 3.77. The number of ether oxygens (including phenoxy) is 1. The number of hydrogen-bond donors (Lipinski definition) is 1. The van der Waals surface area contributed by atoms with Crippen molar-refractivity contribution in [3.8, 4) is 5.75 Å². The van der Waals surface area contributed by atoms with Gasteiger partial charge in [0.15, 0.2) is 0 Å². The van der Waals surface area contributed by atoms with Gasteiger partial charge in [0.1, 0.15) is 5.75 Å². The first-order chi connectivity index (χ1) is 9.71. The molecule has 20 heavy (non-hydrogen) atoms. The molecule has 2 rings (SSSR count). The van der Waals surface area contributed by atoms with Gasteiger partial charge in [0.05, 0.1) is 7.11 Å². The summed E-state index contributed by atoms with van der Waals surface area (Å²) >= 11 is 3.72. The van der Waals surface area contributed by atoms with Crippen molar-refractivity contribution in [2.45, 2.75) is 25.8 Å². The van der Waals surface area contributed by atoms with Crippen LogP contribution in [-0.2, 0) is 0 Å². The maximum absolute atomic E-state index is 5.40. The van der Waals surface area contributed by atoms with Gasteiger partial charge in [-0.15, -0.1) is 0 Å². The van der Waals surface area contributed by atoms with E-state index < -0.39 is 0 Å². The Balaban J connectivity index is 2.33. The van der Waals surface area contributed by atoms with Crippen LogP contribution in [0.3, 0.4) is 0 Å². The Morgan fingerprint density at radius 3 is 2.90 bits per heavy atom. The van der Waals surface area contributed by atoms with E-state index in [9.17, 15) is 0 Å².